The summed E-state index contributed by atoms with van der Waals surface area (Å²) in [6, 6.07) is 7.35. The van der Waals surface area contributed by atoms with Crippen molar-refractivity contribution in [3.63, 3.8) is 0 Å². The maximum atomic E-state index is 13.1. The molecule has 4 rings (SSSR count). The van der Waals surface area contributed by atoms with Crippen LogP contribution in [0.2, 0.25) is 0 Å². The molecular formula is C22H28N4O3. The number of nitrogens with zero attached hydrogens (tertiary/aromatic N) is 3. The van der Waals surface area contributed by atoms with Crippen LogP contribution in [-0.2, 0) is 16.6 Å². The Kier molecular flexibility index (Phi) is 5.56. The van der Waals surface area contributed by atoms with Crippen LogP contribution < -0.4 is 10.1 Å². The summed E-state index contributed by atoms with van der Waals surface area (Å²) >= 11 is 0. The number of nitrogens with one attached hydrogen (secondary N) is 1. The Balaban J connectivity index is 1.45. The number of methoxy groups -OCH3 is 1. The van der Waals surface area contributed by atoms with Crippen molar-refractivity contribution < 1.29 is 14.3 Å². The molecule has 7 nitrogen and oxygen atoms in total. The molecule has 2 heterocycles. The Labute approximate surface area is 171 Å². The Morgan fingerprint density at radius 3 is 2.34 bits per heavy atom. The molecule has 1 saturated carbocycles. The Hall–Kier alpha value is -2.83. The molecule has 0 radical (unpaired) electrons. The number of rotatable bonds is 6. The summed E-state index contributed by atoms with van der Waals surface area (Å²) in [6.45, 7) is 1.34. The molecule has 1 atom stereocenters. The quantitative estimate of drug-likeness (QED) is 0.813. The molecule has 0 unspecified atom stereocenters. The summed E-state index contributed by atoms with van der Waals surface area (Å²) < 4.78 is 7.17. The van der Waals surface area contributed by atoms with Gasteiger partial charge in [0, 0.05) is 44.4 Å². The molecule has 0 spiro atoms. The van der Waals surface area contributed by atoms with E-state index < -0.39 is 0 Å². The lowest BCUT2D eigenvalue weighted by Crippen LogP contribution is -2.44. The van der Waals surface area contributed by atoms with Crippen LogP contribution in [0.4, 0.5) is 0 Å². The summed E-state index contributed by atoms with van der Waals surface area (Å²) in [7, 11) is 3.56. The number of carbonyl (C=O) groups is 2. The first-order chi connectivity index (χ1) is 14.1. The van der Waals surface area contributed by atoms with Gasteiger partial charge < -0.3 is 19.5 Å². The van der Waals surface area contributed by atoms with Crippen molar-refractivity contribution in [1.29, 1.82) is 0 Å². The molecule has 1 N–H and O–H groups in total. The minimum atomic E-state index is -0.334. The first-order valence-electron chi connectivity index (χ1n) is 10.3. The lowest BCUT2D eigenvalue weighted by Gasteiger charge is -2.32. The van der Waals surface area contributed by atoms with Gasteiger partial charge in [-0.2, -0.15) is 0 Å². The zero-order chi connectivity index (χ0) is 20.4. The topological polar surface area (TPSA) is 76.5 Å². The smallest absolute Gasteiger partial charge is 0.225 e. The van der Waals surface area contributed by atoms with Crippen molar-refractivity contribution in [2.75, 3.05) is 20.2 Å². The normalized spacial score (nSPS) is 18.3. The molecule has 1 aliphatic heterocycles. The SMILES string of the molecule is COc1ccc([C@@H](NC(=O)C2CCN(C(=O)C3CC3)CC2)c2nccn2C)cc1. The van der Waals surface area contributed by atoms with Gasteiger partial charge >= 0.3 is 0 Å². The fourth-order valence-corrected chi connectivity index (χ4v) is 3.96. The van der Waals surface area contributed by atoms with Crippen LogP contribution in [0.25, 0.3) is 0 Å². The lowest BCUT2D eigenvalue weighted by molar-refractivity contribution is -0.136. The first-order valence-corrected chi connectivity index (χ1v) is 10.3. The second-order valence-electron chi connectivity index (χ2n) is 7.98. The highest BCUT2D eigenvalue weighted by atomic mass is 16.5. The number of piperidine rings is 1. The average molecular weight is 396 g/mol. The van der Waals surface area contributed by atoms with Crippen LogP contribution in [0.3, 0.4) is 0 Å². The second-order valence-corrected chi connectivity index (χ2v) is 7.98. The summed E-state index contributed by atoms with van der Waals surface area (Å²) in [5.74, 6) is 2.00. The van der Waals surface area contributed by atoms with Crippen molar-refractivity contribution in [3.8, 4) is 5.75 Å². The van der Waals surface area contributed by atoms with E-state index in [0.29, 0.717) is 25.9 Å². The minimum Gasteiger partial charge on any atom is -0.497 e. The fourth-order valence-electron chi connectivity index (χ4n) is 3.96. The zero-order valence-electron chi connectivity index (χ0n) is 17.0. The zero-order valence-corrected chi connectivity index (χ0v) is 17.0. The van der Waals surface area contributed by atoms with Crippen molar-refractivity contribution >= 4 is 11.8 Å². The Morgan fingerprint density at radius 1 is 1.10 bits per heavy atom. The molecule has 1 aromatic carbocycles. The molecule has 2 fully saturated rings. The third kappa shape index (κ3) is 4.28. The van der Waals surface area contributed by atoms with E-state index in [-0.39, 0.29) is 29.7 Å². The van der Waals surface area contributed by atoms with E-state index in [0.717, 1.165) is 30.0 Å². The van der Waals surface area contributed by atoms with Crippen LogP contribution in [0, 0.1) is 11.8 Å². The number of imidazole rings is 1. The summed E-state index contributed by atoms with van der Waals surface area (Å²) in [4.78, 5) is 31.7. The van der Waals surface area contributed by atoms with Gasteiger partial charge in [0.1, 0.15) is 17.6 Å². The van der Waals surface area contributed by atoms with Crippen LogP contribution in [0.1, 0.15) is 43.1 Å². The van der Waals surface area contributed by atoms with E-state index in [1.807, 2.05) is 47.0 Å². The van der Waals surface area contributed by atoms with Gasteiger partial charge in [0.05, 0.1) is 7.11 Å². The second kappa shape index (κ2) is 8.27. The van der Waals surface area contributed by atoms with E-state index >= 15 is 0 Å². The molecule has 1 aliphatic carbocycles. The van der Waals surface area contributed by atoms with E-state index in [1.54, 1.807) is 13.3 Å². The predicted molar refractivity (Wildman–Crippen MR) is 108 cm³/mol. The number of hydrogen-bond donors (Lipinski definition) is 1. The highest BCUT2D eigenvalue weighted by molar-refractivity contribution is 5.82. The number of likely N-dealkylation sites (tertiary alicyclic amines) is 1. The summed E-state index contributed by atoms with van der Waals surface area (Å²) in [5, 5.41) is 3.20. The Morgan fingerprint density at radius 2 is 1.79 bits per heavy atom. The van der Waals surface area contributed by atoms with Crippen molar-refractivity contribution in [2.24, 2.45) is 18.9 Å². The first kappa shape index (κ1) is 19.5. The number of amides is 2. The van der Waals surface area contributed by atoms with Gasteiger partial charge in [0.25, 0.3) is 0 Å². The third-order valence-electron chi connectivity index (χ3n) is 5.96. The van der Waals surface area contributed by atoms with Crippen molar-refractivity contribution in [2.45, 2.75) is 31.7 Å². The standard InChI is InChI=1S/C22H28N4O3/c1-25-14-11-23-20(25)19(15-5-7-18(29-2)8-6-15)24-21(27)16-9-12-26(13-10-16)22(28)17-3-4-17/h5-8,11,14,16-17,19H,3-4,9-10,12-13H2,1-2H3,(H,24,27)/t19-/m1/s1. The number of ether oxygens (including phenoxy) is 1. The number of hydrogen-bond acceptors (Lipinski definition) is 4. The van der Waals surface area contributed by atoms with E-state index in [1.165, 1.54) is 0 Å². The summed E-state index contributed by atoms with van der Waals surface area (Å²) in [6.07, 6.45) is 7.07. The predicted octanol–water partition coefficient (Wildman–Crippen LogP) is 2.28. The molecule has 29 heavy (non-hydrogen) atoms. The number of benzene rings is 1. The van der Waals surface area contributed by atoms with Gasteiger partial charge in [-0.1, -0.05) is 12.1 Å². The van der Waals surface area contributed by atoms with Crippen molar-refractivity contribution in [1.82, 2.24) is 19.8 Å². The molecule has 2 amide bonds. The van der Waals surface area contributed by atoms with Crippen LogP contribution in [0.15, 0.2) is 36.7 Å². The minimum absolute atomic E-state index is 0.0207. The number of aromatic nitrogens is 2. The summed E-state index contributed by atoms with van der Waals surface area (Å²) in [5.41, 5.74) is 0.954. The van der Waals surface area contributed by atoms with Gasteiger partial charge in [0.15, 0.2) is 0 Å². The molecule has 2 aromatic rings. The van der Waals surface area contributed by atoms with Crippen LogP contribution in [0.5, 0.6) is 5.75 Å². The maximum absolute atomic E-state index is 13.1. The molecule has 7 heteroatoms. The van der Waals surface area contributed by atoms with Gasteiger partial charge in [0.2, 0.25) is 11.8 Å². The van der Waals surface area contributed by atoms with Gasteiger partial charge in [-0.3, -0.25) is 9.59 Å². The Bertz CT molecular complexity index is 864. The van der Waals surface area contributed by atoms with Crippen LogP contribution >= 0.6 is 0 Å². The van der Waals surface area contributed by atoms with Gasteiger partial charge in [-0.15, -0.1) is 0 Å². The van der Waals surface area contributed by atoms with Gasteiger partial charge in [-0.05, 0) is 43.4 Å². The van der Waals surface area contributed by atoms with Gasteiger partial charge in [-0.25, -0.2) is 4.98 Å². The molecular weight excluding hydrogens is 368 g/mol. The lowest BCUT2D eigenvalue weighted by atomic mass is 9.94. The number of carbonyl (C=O) groups excluding carboxylic acids is 2. The maximum Gasteiger partial charge on any atom is 0.225 e. The monoisotopic (exact) mass is 396 g/mol. The highest BCUT2D eigenvalue weighted by Crippen LogP contribution is 2.32. The molecule has 1 aromatic heterocycles. The van der Waals surface area contributed by atoms with E-state index in [4.69, 9.17) is 4.74 Å². The van der Waals surface area contributed by atoms with Crippen molar-refractivity contribution in [3.05, 3.63) is 48.0 Å². The number of aryl methyl sites for hydroxylation is 1. The largest absolute Gasteiger partial charge is 0.497 e. The fraction of sp³-hybridized carbons (Fsp3) is 0.500. The molecule has 0 bridgehead atoms. The van der Waals surface area contributed by atoms with Crippen LogP contribution in [-0.4, -0.2) is 46.5 Å². The van der Waals surface area contributed by atoms with E-state index in [9.17, 15) is 9.59 Å². The van der Waals surface area contributed by atoms with E-state index in [2.05, 4.69) is 10.3 Å². The highest BCUT2D eigenvalue weighted by Gasteiger charge is 2.36. The average Bonchev–Trinajstić information content (AvgIpc) is 3.53. The molecule has 154 valence electrons. The third-order valence-corrected chi connectivity index (χ3v) is 5.96. The molecule has 1 saturated heterocycles. The molecule has 2 aliphatic rings.